The van der Waals surface area contributed by atoms with E-state index in [2.05, 4.69) is 15.2 Å². The third-order valence-electron chi connectivity index (χ3n) is 3.90. The maximum atomic E-state index is 13.0. The maximum Gasteiger partial charge on any atom is 0.416 e. The molecule has 0 spiro atoms. The first kappa shape index (κ1) is 16.7. The van der Waals surface area contributed by atoms with E-state index in [1.54, 1.807) is 12.3 Å². The molecule has 0 aliphatic carbocycles. The Hall–Kier alpha value is -2.74. The number of hydrogen-bond donors (Lipinski definition) is 1. The van der Waals surface area contributed by atoms with Crippen molar-refractivity contribution in [3.8, 4) is 11.5 Å². The van der Waals surface area contributed by atoms with E-state index in [-0.39, 0.29) is 16.5 Å². The molecule has 2 aromatic heterocycles. The fraction of sp³-hybridized carbons (Fsp3) is 0.111. The van der Waals surface area contributed by atoms with Gasteiger partial charge in [0.1, 0.15) is 0 Å². The van der Waals surface area contributed by atoms with Gasteiger partial charge in [-0.15, -0.1) is 10.2 Å². The summed E-state index contributed by atoms with van der Waals surface area (Å²) in [6.07, 6.45) is -2.62. The van der Waals surface area contributed by atoms with E-state index in [0.717, 1.165) is 34.3 Å². The van der Waals surface area contributed by atoms with Crippen molar-refractivity contribution in [2.24, 2.45) is 0 Å². The van der Waals surface area contributed by atoms with E-state index in [9.17, 15) is 13.2 Å². The van der Waals surface area contributed by atoms with Crippen LogP contribution in [-0.2, 0) is 11.9 Å². The molecule has 2 heterocycles. The largest absolute Gasteiger partial charge is 0.416 e. The average Bonchev–Trinajstić information content (AvgIpc) is 3.26. The quantitative estimate of drug-likeness (QED) is 0.477. The lowest BCUT2D eigenvalue weighted by Crippen LogP contribution is -2.08. The van der Waals surface area contributed by atoms with E-state index in [1.807, 2.05) is 24.3 Å². The summed E-state index contributed by atoms with van der Waals surface area (Å²) in [6, 6.07) is 13.1. The van der Waals surface area contributed by atoms with Crippen molar-refractivity contribution < 1.29 is 17.6 Å². The Morgan fingerprint density at radius 3 is 2.62 bits per heavy atom. The number of fused-ring (bicyclic) bond motifs is 1. The minimum atomic E-state index is -4.39. The van der Waals surface area contributed by atoms with Crippen LogP contribution in [0, 0.1) is 0 Å². The zero-order valence-corrected chi connectivity index (χ0v) is 14.1. The number of rotatable bonds is 4. The van der Waals surface area contributed by atoms with Gasteiger partial charge in [0, 0.05) is 22.9 Å². The summed E-state index contributed by atoms with van der Waals surface area (Å²) in [6.45, 7) is 0. The second kappa shape index (κ2) is 6.53. The van der Waals surface area contributed by atoms with Crippen molar-refractivity contribution in [3.63, 3.8) is 0 Å². The number of hydrogen-bond acceptors (Lipinski definition) is 4. The van der Waals surface area contributed by atoms with Gasteiger partial charge in [-0.05, 0) is 17.7 Å². The highest BCUT2D eigenvalue weighted by molar-refractivity contribution is 7.98. The molecule has 8 heteroatoms. The van der Waals surface area contributed by atoms with Crippen LogP contribution in [0.25, 0.3) is 22.4 Å². The molecule has 0 amide bonds. The third-order valence-corrected chi connectivity index (χ3v) is 4.77. The number of alkyl halides is 3. The SMILES string of the molecule is FC(F)(F)c1ccccc1CSc1nnc(-c2c[nH]c3ccccc23)o1. The molecular formula is C18H12F3N3OS. The smallest absolute Gasteiger partial charge is 0.411 e. The number of benzene rings is 2. The molecule has 4 nitrogen and oxygen atoms in total. The molecule has 26 heavy (non-hydrogen) atoms. The monoisotopic (exact) mass is 375 g/mol. The Kier molecular flexibility index (Phi) is 4.20. The van der Waals surface area contributed by atoms with Gasteiger partial charge in [-0.3, -0.25) is 0 Å². The molecule has 0 aliphatic heterocycles. The van der Waals surface area contributed by atoms with Crippen molar-refractivity contribution in [2.75, 3.05) is 0 Å². The van der Waals surface area contributed by atoms with Gasteiger partial charge in [-0.25, -0.2) is 0 Å². The average molecular weight is 375 g/mol. The van der Waals surface area contributed by atoms with Crippen molar-refractivity contribution in [2.45, 2.75) is 17.2 Å². The first-order chi connectivity index (χ1) is 12.5. The van der Waals surface area contributed by atoms with Crippen LogP contribution in [0.5, 0.6) is 0 Å². The molecule has 0 fully saturated rings. The molecule has 4 rings (SSSR count). The highest BCUT2D eigenvalue weighted by Gasteiger charge is 2.32. The molecule has 0 bridgehead atoms. The summed E-state index contributed by atoms with van der Waals surface area (Å²) in [7, 11) is 0. The van der Waals surface area contributed by atoms with Gasteiger partial charge in [0.2, 0.25) is 0 Å². The van der Waals surface area contributed by atoms with Gasteiger partial charge in [0.15, 0.2) is 0 Å². The standard InChI is InChI=1S/C18H12F3N3OS/c19-18(20,21)14-7-3-1-5-11(14)10-26-17-24-23-16(25-17)13-9-22-15-8-4-2-6-12(13)15/h1-9,22H,10H2. The molecule has 4 aromatic rings. The van der Waals surface area contributed by atoms with E-state index in [0.29, 0.717) is 5.89 Å². The lowest BCUT2D eigenvalue weighted by Gasteiger charge is -2.11. The Morgan fingerprint density at radius 2 is 1.77 bits per heavy atom. The number of thioether (sulfide) groups is 1. The first-order valence-corrected chi connectivity index (χ1v) is 8.69. The number of nitrogens with one attached hydrogen (secondary N) is 1. The fourth-order valence-corrected chi connectivity index (χ4v) is 3.45. The van der Waals surface area contributed by atoms with Gasteiger partial charge in [0.05, 0.1) is 11.1 Å². The molecule has 0 radical (unpaired) electrons. The van der Waals surface area contributed by atoms with Crippen molar-refractivity contribution >= 4 is 22.7 Å². The van der Waals surface area contributed by atoms with E-state index >= 15 is 0 Å². The molecule has 0 saturated carbocycles. The summed E-state index contributed by atoms with van der Waals surface area (Å²) < 4.78 is 44.8. The van der Waals surface area contributed by atoms with Crippen LogP contribution in [0.4, 0.5) is 13.2 Å². The van der Waals surface area contributed by atoms with Crippen LogP contribution < -0.4 is 0 Å². The molecule has 0 unspecified atom stereocenters. The topological polar surface area (TPSA) is 54.7 Å². The molecule has 1 N–H and O–H groups in total. The predicted molar refractivity (Wildman–Crippen MR) is 92.6 cm³/mol. The van der Waals surface area contributed by atoms with Gasteiger partial charge in [-0.1, -0.05) is 48.2 Å². The minimum absolute atomic E-state index is 0.0885. The number of nitrogens with zero attached hydrogens (tertiary/aromatic N) is 2. The summed E-state index contributed by atoms with van der Waals surface area (Å²) in [5.41, 5.74) is 1.23. The van der Waals surface area contributed by atoms with E-state index < -0.39 is 11.7 Å². The second-order valence-electron chi connectivity index (χ2n) is 5.56. The van der Waals surface area contributed by atoms with Gasteiger partial charge in [0.25, 0.3) is 11.1 Å². The molecule has 0 saturated heterocycles. The number of aromatic amines is 1. The van der Waals surface area contributed by atoms with E-state index in [4.69, 9.17) is 4.42 Å². The molecule has 132 valence electrons. The Labute approximate surface area is 150 Å². The van der Waals surface area contributed by atoms with Gasteiger partial charge < -0.3 is 9.40 Å². The normalized spacial score (nSPS) is 12.0. The lowest BCUT2D eigenvalue weighted by atomic mass is 10.1. The van der Waals surface area contributed by atoms with Crippen LogP contribution in [0.3, 0.4) is 0 Å². The van der Waals surface area contributed by atoms with Gasteiger partial charge in [-0.2, -0.15) is 13.2 Å². The number of para-hydroxylation sites is 1. The van der Waals surface area contributed by atoms with Gasteiger partial charge >= 0.3 is 6.18 Å². The Bertz CT molecular complexity index is 1050. The highest BCUT2D eigenvalue weighted by Crippen LogP contribution is 2.35. The highest BCUT2D eigenvalue weighted by atomic mass is 32.2. The molecule has 2 aromatic carbocycles. The Morgan fingerprint density at radius 1 is 1.00 bits per heavy atom. The summed E-state index contributed by atoms with van der Waals surface area (Å²) in [4.78, 5) is 3.12. The Balaban J connectivity index is 1.55. The lowest BCUT2D eigenvalue weighted by molar-refractivity contribution is -0.138. The number of halogens is 3. The number of H-pyrrole nitrogens is 1. The predicted octanol–water partition coefficient (Wildman–Crippen LogP) is 5.53. The van der Waals surface area contributed by atoms with Crippen LogP contribution in [0.2, 0.25) is 0 Å². The summed E-state index contributed by atoms with van der Waals surface area (Å²) in [5, 5.41) is 9.11. The van der Waals surface area contributed by atoms with Crippen LogP contribution in [-0.4, -0.2) is 15.2 Å². The molecule has 0 atom stereocenters. The molecule has 0 aliphatic rings. The minimum Gasteiger partial charge on any atom is -0.411 e. The van der Waals surface area contributed by atoms with Crippen molar-refractivity contribution in [3.05, 3.63) is 65.9 Å². The van der Waals surface area contributed by atoms with Crippen LogP contribution in [0.15, 0.2) is 64.4 Å². The van der Waals surface area contributed by atoms with E-state index in [1.165, 1.54) is 12.1 Å². The van der Waals surface area contributed by atoms with Crippen molar-refractivity contribution in [1.82, 2.24) is 15.2 Å². The maximum absolute atomic E-state index is 13.0. The zero-order valence-electron chi connectivity index (χ0n) is 13.2. The first-order valence-electron chi connectivity index (χ1n) is 7.70. The summed E-state index contributed by atoms with van der Waals surface area (Å²) in [5.74, 6) is 0.416. The fourth-order valence-electron chi connectivity index (χ4n) is 2.69. The van der Waals surface area contributed by atoms with Crippen molar-refractivity contribution in [1.29, 1.82) is 0 Å². The van der Waals surface area contributed by atoms with Crippen LogP contribution in [0.1, 0.15) is 11.1 Å². The summed E-state index contributed by atoms with van der Waals surface area (Å²) >= 11 is 1.08. The second-order valence-corrected chi connectivity index (χ2v) is 6.49. The van der Waals surface area contributed by atoms with Crippen LogP contribution >= 0.6 is 11.8 Å². The zero-order chi connectivity index (χ0) is 18.1. The molecular weight excluding hydrogens is 363 g/mol. The number of aromatic nitrogens is 3. The third kappa shape index (κ3) is 3.20.